The smallest absolute Gasteiger partial charge is 0.341 e. The third kappa shape index (κ3) is 6.26. The molecule has 13 nitrogen and oxygen atoms in total. The normalized spacial score (nSPS) is 22.0. The predicted octanol–water partition coefficient (Wildman–Crippen LogP) is 0.0567. The summed E-state index contributed by atoms with van der Waals surface area (Å²) in [6.07, 6.45) is -3.24. The molecule has 4 atom stereocenters. The minimum absolute atomic E-state index is 0.0219. The summed E-state index contributed by atoms with van der Waals surface area (Å²) in [7, 11) is 1.16. The molecule has 0 N–H and O–H groups in total. The zero-order valence-electron chi connectivity index (χ0n) is 18.2. The van der Waals surface area contributed by atoms with E-state index in [1.807, 2.05) is 0 Å². The number of esters is 5. The number of rotatable bonds is 8. The second kappa shape index (κ2) is 10.7. The molecule has 2 rings (SSSR count). The van der Waals surface area contributed by atoms with E-state index in [1.54, 1.807) is 0 Å². The Kier molecular flexibility index (Phi) is 8.29. The Labute approximate surface area is 182 Å². The monoisotopic (exact) mass is 456 g/mol. The van der Waals surface area contributed by atoms with Crippen LogP contribution in [0.5, 0.6) is 0 Å². The van der Waals surface area contributed by atoms with Gasteiger partial charge in [0.2, 0.25) is 0 Å². The molecule has 1 aromatic rings. The number of ether oxygens (including phenoxy) is 6. The summed E-state index contributed by atoms with van der Waals surface area (Å²) in [5, 5.41) is 4.21. The van der Waals surface area contributed by atoms with E-state index in [2.05, 4.69) is 5.10 Å². The molecule has 0 unspecified atom stereocenters. The highest BCUT2D eigenvalue weighted by atomic mass is 16.7. The summed E-state index contributed by atoms with van der Waals surface area (Å²) < 4.78 is 32.2. The molecule has 1 aliphatic heterocycles. The number of nitrogens with zero attached hydrogens (tertiary/aromatic N) is 2. The third-order valence-corrected chi connectivity index (χ3v) is 4.23. The largest absolute Gasteiger partial charge is 0.465 e. The lowest BCUT2D eigenvalue weighted by atomic mass is 10.1. The number of carbonyl (C=O) groups is 5. The van der Waals surface area contributed by atoms with Crippen LogP contribution in [0.4, 0.5) is 0 Å². The molecule has 0 spiro atoms. The zero-order chi connectivity index (χ0) is 24.0. The topological polar surface area (TPSA) is 159 Å². The van der Waals surface area contributed by atoms with Gasteiger partial charge in [0.25, 0.3) is 0 Å². The van der Waals surface area contributed by atoms with Gasteiger partial charge in [-0.25, -0.2) is 9.48 Å². The van der Waals surface area contributed by atoms with Crippen LogP contribution in [0.15, 0.2) is 6.20 Å². The van der Waals surface area contributed by atoms with Crippen molar-refractivity contribution in [1.82, 2.24) is 9.78 Å². The maximum absolute atomic E-state index is 12.1. The maximum Gasteiger partial charge on any atom is 0.341 e. The second-order valence-electron chi connectivity index (χ2n) is 6.76. The van der Waals surface area contributed by atoms with Gasteiger partial charge < -0.3 is 28.4 Å². The van der Waals surface area contributed by atoms with Crippen LogP contribution in [-0.2, 0) is 54.2 Å². The van der Waals surface area contributed by atoms with E-state index < -0.39 is 54.4 Å². The first-order chi connectivity index (χ1) is 15.0. The number of methoxy groups -OCH3 is 1. The Bertz CT molecular complexity index is 894. The van der Waals surface area contributed by atoms with Crippen molar-refractivity contribution in [1.29, 1.82) is 0 Å². The molecule has 0 aromatic carbocycles. The van der Waals surface area contributed by atoms with Gasteiger partial charge in [-0.3, -0.25) is 19.2 Å². The van der Waals surface area contributed by atoms with Gasteiger partial charge in [0, 0.05) is 33.9 Å². The minimum atomic E-state index is -1.19. The highest BCUT2D eigenvalue weighted by Crippen LogP contribution is 2.34. The maximum atomic E-state index is 12.1. The fourth-order valence-electron chi connectivity index (χ4n) is 3.02. The molecule has 0 amide bonds. The van der Waals surface area contributed by atoms with Crippen LogP contribution >= 0.6 is 0 Å². The van der Waals surface area contributed by atoms with Crippen LogP contribution in [0.3, 0.4) is 0 Å². The van der Waals surface area contributed by atoms with Crippen LogP contribution in [0.1, 0.15) is 50.0 Å². The van der Waals surface area contributed by atoms with Crippen LogP contribution in [-0.4, -0.2) is 71.7 Å². The first kappa shape index (κ1) is 24.8. The van der Waals surface area contributed by atoms with Crippen molar-refractivity contribution in [2.24, 2.45) is 0 Å². The van der Waals surface area contributed by atoms with E-state index in [0.717, 1.165) is 25.6 Å². The van der Waals surface area contributed by atoms with Gasteiger partial charge in [0.15, 0.2) is 18.4 Å². The van der Waals surface area contributed by atoms with Gasteiger partial charge in [-0.05, 0) is 0 Å². The fourth-order valence-corrected chi connectivity index (χ4v) is 3.02. The molecule has 1 aromatic heterocycles. The predicted molar refractivity (Wildman–Crippen MR) is 101 cm³/mol. The molecule has 32 heavy (non-hydrogen) atoms. The molecule has 176 valence electrons. The standard InChI is InChI=1S/C19H24N2O11/c1-9(22)28-7-14-13(19(26)27-5)6-21(20-14)18-17(31-12(4)25)16(30-11(3)24)15(32-18)8-29-10(2)23/h6,15-18H,7-8H2,1-5H3/t15-,16-,17-,18+/m1/s1. The molecular weight excluding hydrogens is 432 g/mol. The van der Waals surface area contributed by atoms with Crippen molar-refractivity contribution in [3.63, 3.8) is 0 Å². The number of carbonyl (C=O) groups excluding carboxylic acids is 5. The SMILES string of the molecule is COC(=O)c1cn([C@H]2O[C@H](COC(C)=O)[C@@H](OC(C)=O)[C@H]2OC(C)=O)nc1COC(C)=O. The Morgan fingerprint density at radius 2 is 1.53 bits per heavy atom. The number of aromatic nitrogens is 2. The molecular formula is C19H24N2O11. The Morgan fingerprint density at radius 3 is 2.06 bits per heavy atom. The zero-order valence-corrected chi connectivity index (χ0v) is 18.2. The summed E-state index contributed by atoms with van der Waals surface area (Å²) in [4.78, 5) is 57.9. The molecule has 1 aliphatic rings. The van der Waals surface area contributed by atoms with Crippen LogP contribution in [0.2, 0.25) is 0 Å². The van der Waals surface area contributed by atoms with Crippen LogP contribution in [0.25, 0.3) is 0 Å². The molecule has 2 heterocycles. The van der Waals surface area contributed by atoms with Crippen molar-refractivity contribution < 1.29 is 52.4 Å². The van der Waals surface area contributed by atoms with Gasteiger partial charge in [0.05, 0.1) is 7.11 Å². The van der Waals surface area contributed by atoms with Crippen molar-refractivity contribution in [3.05, 3.63) is 17.5 Å². The van der Waals surface area contributed by atoms with Gasteiger partial charge in [-0.15, -0.1) is 0 Å². The van der Waals surface area contributed by atoms with Crippen molar-refractivity contribution in [3.8, 4) is 0 Å². The molecule has 1 saturated heterocycles. The second-order valence-corrected chi connectivity index (χ2v) is 6.76. The Morgan fingerprint density at radius 1 is 0.938 bits per heavy atom. The number of hydrogen-bond acceptors (Lipinski definition) is 12. The van der Waals surface area contributed by atoms with E-state index in [-0.39, 0.29) is 24.5 Å². The number of hydrogen-bond donors (Lipinski definition) is 0. The lowest BCUT2D eigenvalue weighted by Crippen LogP contribution is -2.40. The summed E-state index contributed by atoms with van der Waals surface area (Å²) in [5.74, 6) is -3.33. The fraction of sp³-hybridized carbons (Fsp3) is 0.579. The lowest BCUT2D eigenvalue weighted by molar-refractivity contribution is -0.166. The Hall–Kier alpha value is -3.48. The first-order valence-corrected chi connectivity index (χ1v) is 9.46. The average Bonchev–Trinajstić information content (AvgIpc) is 3.25. The summed E-state index contributed by atoms with van der Waals surface area (Å²) >= 11 is 0. The van der Waals surface area contributed by atoms with E-state index in [1.165, 1.54) is 20.0 Å². The molecule has 0 aliphatic carbocycles. The quantitative estimate of drug-likeness (QED) is 0.383. The average molecular weight is 456 g/mol. The molecule has 0 saturated carbocycles. The lowest BCUT2D eigenvalue weighted by Gasteiger charge is -2.23. The van der Waals surface area contributed by atoms with E-state index >= 15 is 0 Å². The summed E-state index contributed by atoms with van der Waals surface area (Å²) in [6, 6.07) is 0. The van der Waals surface area contributed by atoms with Crippen LogP contribution in [0, 0.1) is 0 Å². The van der Waals surface area contributed by atoms with E-state index in [0.29, 0.717) is 0 Å². The first-order valence-electron chi connectivity index (χ1n) is 9.46. The van der Waals surface area contributed by atoms with Crippen LogP contribution < -0.4 is 0 Å². The molecule has 13 heteroatoms. The molecule has 1 fully saturated rings. The highest BCUT2D eigenvalue weighted by molar-refractivity contribution is 5.90. The van der Waals surface area contributed by atoms with Crippen molar-refractivity contribution in [2.45, 2.75) is 58.8 Å². The van der Waals surface area contributed by atoms with Gasteiger partial charge in [-0.1, -0.05) is 0 Å². The van der Waals surface area contributed by atoms with Gasteiger partial charge >= 0.3 is 29.8 Å². The minimum Gasteiger partial charge on any atom is -0.465 e. The van der Waals surface area contributed by atoms with Gasteiger partial charge in [0.1, 0.15) is 30.6 Å². The van der Waals surface area contributed by atoms with Crippen molar-refractivity contribution >= 4 is 29.8 Å². The molecule has 0 bridgehead atoms. The van der Waals surface area contributed by atoms with E-state index in [9.17, 15) is 24.0 Å². The van der Waals surface area contributed by atoms with Gasteiger partial charge in [-0.2, -0.15) is 5.10 Å². The highest BCUT2D eigenvalue weighted by Gasteiger charge is 2.51. The third-order valence-electron chi connectivity index (χ3n) is 4.23. The molecule has 0 radical (unpaired) electrons. The Balaban J connectivity index is 2.45. The van der Waals surface area contributed by atoms with Crippen molar-refractivity contribution in [2.75, 3.05) is 13.7 Å². The summed E-state index contributed by atoms with van der Waals surface area (Å²) in [6.45, 7) is 4.05. The van der Waals surface area contributed by atoms with E-state index in [4.69, 9.17) is 28.4 Å². The summed E-state index contributed by atoms with van der Waals surface area (Å²) in [5.41, 5.74) is 0.0381.